The molecule has 1 saturated heterocycles. The highest BCUT2D eigenvalue weighted by molar-refractivity contribution is 5.89. The molecule has 0 bridgehead atoms. The van der Waals surface area contributed by atoms with Crippen LogP contribution in [0.2, 0.25) is 0 Å². The van der Waals surface area contributed by atoms with Gasteiger partial charge < -0.3 is 10.1 Å². The Morgan fingerprint density at radius 1 is 1.46 bits per heavy atom. The van der Waals surface area contributed by atoms with Gasteiger partial charge in [-0.15, -0.1) is 0 Å². The van der Waals surface area contributed by atoms with E-state index in [4.69, 9.17) is 4.74 Å². The van der Waals surface area contributed by atoms with Crippen LogP contribution >= 0.6 is 0 Å². The number of carbonyl (C=O) groups is 1. The standard InChI is InChI=1S/C10H19NO2/c1-10(2,3)9(12)8-5-7(13-4)6-11-8/h7-8,11H,5-6H2,1-4H3/t7-,8?/m0/s1. The van der Waals surface area contributed by atoms with Crippen molar-refractivity contribution in [2.75, 3.05) is 13.7 Å². The van der Waals surface area contributed by atoms with Gasteiger partial charge >= 0.3 is 0 Å². The van der Waals surface area contributed by atoms with Crippen LogP contribution < -0.4 is 5.32 Å². The molecule has 1 rings (SSSR count). The predicted molar refractivity (Wildman–Crippen MR) is 51.7 cm³/mol. The zero-order valence-electron chi connectivity index (χ0n) is 8.89. The zero-order chi connectivity index (χ0) is 10.1. The Labute approximate surface area is 79.8 Å². The van der Waals surface area contributed by atoms with Crippen molar-refractivity contribution in [3.05, 3.63) is 0 Å². The minimum absolute atomic E-state index is 0.00931. The van der Waals surface area contributed by atoms with Gasteiger partial charge in [0.1, 0.15) is 0 Å². The van der Waals surface area contributed by atoms with E-state index in [0.717, 1.165) is 13.0 Å². The molecule has 0 aromatic carbocycles. The lowest BCUT2D eigenvalue weighted by molar-refractivity contribution is -0.128. The minimum Gasteiger partial charge on any atom is -0.380 e. The highest BCUT2D eigenvalue weighted by atomic mass is 16.5. The molecule has 0 aromatic heterocycles. The molecule has 13 heavy (non-hydrogen) atoms. The van der Waals surface area contributed by atoms with E-state index in [1.165, 1.54) is 0 Å². The Bertz CT molecular complexity index is 196. The number of carbonyl (C=O) groups excluding carboxylic acids is 1. The summed E-state index contributed by atoms with van der Waals surface area (Å²) in [5, 5.41) is 3.19. The van der Waals surface area contributed by atoms with E-state index >= 15 is 0 Å². The number of hydrogen-bond acceptors (Lipinski definition) is 3. The summed E-state index contributed by atoms with van der Waals surface area (Å²) in [4.78, 5) is 11.8. The second-order valence-electron chi connectivity index (χ2n) is 4.67. The van der Waals surface area contributed by atoms with Crippen LogP contribution in [0.1, 0.15) is 27.2 Å². The lowest BCUT2D eigenvalue weighted by atomic mass is 9.86. The van der Waals surface area contributed by atoms with E-state index in [1.807, 2.05) is 20.8 Å². The van der Waals surface area contributed by atoms with Crippen molar-refractivity contribution in [1.82, 2.24) is 5.32 Å². The number of ketones is 1. The average molecular weight is 185 g/mol. The van der Waals surface area contributed by atoms with Gasteiger partial charge in [0.2, 0.25) is 0 Å². The van der Waals surface area contributed by atoms with Gasteiger partial charge in [-0.3, -0.25) is 4.79 Å². The summed E-state index contributed by atoms with van der Waals surface area (Å²) in [6, 6.07) is -0.00931. The quantitative estimate of drug-likeness (QED) is 0.697. The van der Waals surface area contributed by atoms with Crippen molar-refractivity contribution in [2.45, 2.75) is 39.3 Å². The van der Waals surface area contributed by atoms with Crippen molar-refractivity contribution in [3.8, 4) is 0 Å². The van der Waals surface area contributed by atoms with Crippen LogP contribution in [0.15, 0.2) is 0 Å². The largest absolute Gasteiger partial charge is 0.380 e. The van der Waals surface area contributed by atoms with Gasteiger partial charge in [-0.1, -0.05) is 20.8 Å². The van der Waals surface area contributed by atoms with Crippen LogP contribution in [0, 0.1) is 5.41 Å². The van der Waals surface area contributed by atoms with E-state index in [0.29, 0.717) is 0 Å². The predicted octanol–water partition coefficient (Wildman–Crippen LogP) is 0.978. The molecule has 76 valence electrons. The lowest BCUT2D eigenvalue weighted by Crippen LogP contribution is -2.38. The molecule has 0 saturated carbocycles. The van der Waals surface area contributed by atoms with Crippen LogP contribution in [0.3, 0.4) is 0 Å². The molecular formula is C10H19NO2. The number of rotatable bonds is 2. The van der Waals surface area contributed by atoms with Gasteiger partial charge in [0.15, 0.2) is 5.78 Å². The van der Waals surface area contributed by atoms with Gasteiger partial charge in [0.05, 0.1) is 12.1 Å². The first-order valence-electron chi connectivity index (χ1n) is 4.75. The molecule has 1 N–H and O–H groups in total. The summed E-state index contributed by atoms with van der Waals surface area (Å²) in [5.41, 5.74) is -0.250. The Balaban J connectivity index is 2.52. The molecular weight excluding hydrogens is 166 g/mol. The third-order valence-electron chi connectivity index (χ3n) is 2.48. The van der Waals surface area contributed by atoms with Crippen LogP contribution in [0.25, 0.3) is 0 Å². The van der Waals surface area contributed by atoms with Crippen LogP contribution in [0.5, 0.6) is 0 Å². The Kier molecular flexibility index (Phi) is 3.09. The monoisotopic (exact) mass is 185 g/mol. The Morgan fingerprint density at radius 3 is 2.46 bits per heavy atom. The number of Topliss-reactive ketones (excluding diaryl/α,β-unsaturated/α-hetero) is 1. The SMILES string of the molecule is CO[C@@H]1CNC(C(=O)C(C)(C)C)C1. The summed E-state index contributed by atoms with van der Waals surface area (Å²) in [6.07, 6.45) is 1.02. The molecule has 0 radical (unpaired) electrons. The van der Waals surface area contributed by atoms with Gasteiger partial charge in [-0.2, -0.15) is 0 Å². The van der Waals surface area contributed by atoms with E-state index < -0.39 is 0 Å². The maximum Gasteiger partial charge on any atom is 0.155 e. The Morgan fingerprint density at radius 2 is 2.08 bits per heavy atom. The number of ether oxygens (including phenoxy) is 1. The molecule has 1 aliphatic heterocycles. The average Bonchev–Trinajstić information content (AvgIpc) is 2.48. The lowest BCUT2D eigenvalue weighted by Gasteiger charge is -2.21. The van der Waals surface area contributed by atoms with Crippen molar-refractivity contribution in [2.24, 2.45) is 5.41 Å². The van der Waals surface area contributed by atoms with Gasteiger partial charge in [-0.25, -0.2) is 0 Å². The number of hydrogen-bond donors (Lipinski definition) is 1. The normalized spacial score (nSPS) is 29.2. The van der Waals surface area contributed by atoms with E-state index in [2.05, 4.69) is 5.32 Å². The first-order chi connectivity index (χ1) is 5.95. The molecule has 1 fully saturated rings. The maximum absolute atomic E-state index is 11.8. The number of nitrogens with one attached hydrogen (secondary N) is 1. The highest BCUT2D eigenvalue weighted by Gasteiger charge is 2.35. The first kappa shape index (κ1) is 10.7. The summed E-state index contributed by atoms with van der Waals surface area (Å²) < 4.78 is 5.19. The first-order valence-corrected chi connectivity index (χ1v) is 4.75. The minimum atomic E-state index is -0.250. The van der Waals surface area contributed by atoms with Crippen molar-refractivity contribution >= 4 is 5.78 Å². The van der Waals surface area contributed by atoms with E-state index in [1.54, 1.807) is 7.11 Å². The zero-order valence-corrected chi connectivity index (χ0v) is 8.89. The van der Waals surface area contributed by atoms with Gasteiger partial charge in [-0.05, 0) is 6.42 Å². The van der Waals surface area contributed by atoms with Crippen LogP contribution in [-0.2, 0) is 9.53 Å². The molecule has 0 spiro atoms. The van der Waals surface area contributed by atoms with Crippen molar-refractivity contribution in [3.63, 3.8) is 0 Å². The Hall–Kier alpha value is -0.410. The van der Waals surface area contributed by atoms with Gasteiger partial charge in [0, 0.05) is 19.1 Å². The summed E-state index contributed by atoms with van der Waals surface area (Å²) in [7, 11) is 1.69. The third-order valence-corrected chi connectivity index (χ3v) is 2.48. The van der Waals surface area contributed by atoms with Crippen LogP contribution in [-0.4, -0.2) is 31.6 Å². The fraction of sp³-hybridized carbons (Fsp3) is 0.900. The molecule has 3 heteroatoms. The topological polar surface area (TPSA) is 38.3 Å². The molecule has 1 heterocycles. The molecule has 0 amide bonds. The van der Waals surface area contributed by atoms with Crippen molar-refractivity contribution < 1.29 is 9.53 Å². The van der Waals surface area contributed by atoms with Crippen molar-refractivity contribution in [1.29, 1.82) is 0 Å². The highest BCUT2D eigenvalue weighted by Crippen LogP contribution is 2.21. The maximum atomic E-state index is 11.8. The van der Waals surface area contributed by atoms with E-state index in [9.17, 15) is 4.79 Å². The molecule has 0 aliphatic carbocycles. The second kappa shape index (κ2) is 3.76. The van der Waals surface area contributed by atoms with Gasteiger partial charge in [0.25, 0.3) is 0 Å². The molecule has 1 aliphatic rings. The second-order valence-corrected chi connectivity index (χ2v) is 4.67. The fourth-order valence-corrected chi connectivity index (χ4v) is 1.61. The molecule has 0 aromatic rings. The summed E-state index contributed by atoms with van der Waals surface area (Å²) >= 11 is 0. The number of methoxy groups -OCH3 is 1. The van der Waals surface area contributed by atoms with E-state index in [-0.39, 0.29) is 23.3 Å². The molecule has 3 nitrogen and oxygen atoms in total. The third kappa shape index (κ3) is 2.51. The van der Waals surface area contributed by atoms with Crippen LogP contribution in [0.4, 0.5) is 0 Å². The molecule has 1 unspecified atom stereocenters. The summed E-state index contributed by atoms with van der Waals surface area (Å²) in [5.74, 6) is 0.284. The smallest absolute Gasteiger partial charge is 0.155 e. The fourth-order valence-electron chi connectivity index (χ4n) is 1.61. The summed E-state index contributed by atoms with van der Waals surface area (Å²) in [6.45, 7) is 6.66. The molecule has 2 atom stereocenters.